The highest BCUT2D eigenvalue weighted by Gasteiger charge is 2.23. The van der Waals surface area contributed by atoms with Crippen LogP contribution in [-0.4, -0.2) is 53.5 Å². The molecule has 0 spiro atoms. The molecule has 84 valence electrons. The fraction of sp³-hybridized carbons (Fsp3) is 1.00. The van der Waals surface area contributed by atoms with Gasteiger partial charge in [0.2, 0.25) is 0 Å². The zero-order chi connectivity index (χ0) is 10.4. The molecule has 1 rings (SSSR count). The number of aliphatic hydroxyl groups excluding tert-OH is 2. The van der Waals surface area contributed by atoms with Crippen molar-refractivity contribution in [1.29, 1.82) is 0 Å². The van der Waals surface area contributed by atoms with Crippen molar-refractivity contribution < 1.29 is 10.2 Å². The molecule has 1 aliphatic rings. The van der Waals surface area contributed by atoms with E-state index in [1.165, 1.54) is 0 Å². The lowest BCUT2D eigenvalue weighted by atomic mass is 9.91. The molecule has 1 fully saturated rings. The largest absolute Gasteiger partial charge is 0.395 e. The van der Waals surface area contributed by atoms with Gasteiger partial charge < -0.3 is 15.9 Å². The van der Waals surface area contributed by atoms with Gasteiger partial charge in [-0.2, -0.15) is 0 Å². The smallest absolute Gasteiger partial charge is 0.0558 e. The fourth-order valence-electron chi connectivity index (χ4n) is 2.20. The van der Waals surface area contributed by atoms with Crippen LogP contribution in [0.4, 0.5) is 0 Å². The summed E-state index contributed by atoms with van der Waals surface area (Å²) in [6, 6.07) is 0.866. The Morgan fingerprint density at radius 1 is 1.00 bits per heavy atom. The summed E-state index contributed by atoms with van der Waals surface area (Å²) in [6.45, 7) is 1.67. The van der Waals surface area contributed by atoms with Crippen molar-refractivity contribution in [2.45, 2.75) is 37.8 Å². The molecular formula is C10H22N2O2. The van der Waals surface area contributed by atoms with Gasteiger partial charge in [-0.1, -0.05) is 0 Å². The Morgan fingerprint density at radius 3 is 1.93 bits per heavy atom. The Kier molecular flexibility index (Phi) is 5.40. The van der Waals surface area contributed by atoms with Gasteiger partial charge in [-0.25, -0.2) is 0 Å². The maximum Gasteiger partial charge on any atom is 0.0558 e. The van der Waals surface area contributed by atoms with Crippen LogP contribution in [0, 0.1) is 0 Å². The second kappa shape index (κ2) is 6.35. The molecule has 1 saturated carbocycles. The SMILES string of the molecule is NC1CCC(N(CCO)CCO)CC1. The topological polar surface area (TPSA) is 69.7 Å². The molecular weight excluding hydrogens is 180 g/mol. The third-order valence-corrected chi connectivity index (χ3v) is 3.03. The van der Waals surface area contributed by atoms with E-state index in [2.05, 4.69) is 4.90 Å². The van der Waals surface area contributed by atoms with Gasteiger partial charge in [-0.15, -0.1) is 0 Å². The molecule has 4 nitrogen and oxygen atoms in total. The van der Waals surface area contributed by atoms with Crippen LogP contribution >= 0.6 is 0 Å². The minimum absolute atomic E-state index is 0.169. The first kappa shape index (κ1) is 11.9. The molecule has 14 heavy (non-hydrogen) atoms. The Hall–Kier alpha value is -0.160. The van der Waals surface area contributed by atoms with Crippen LogP contribution in [0.15, 0.2) is 0 Å². The van der Waals surface area contributed by atoms with Gasteiger partial charge in [-0.05, 0) is 25.7 Å². The van der Waals surface area contributed by atoms with Crippen LogP contribution in [0.25, 0.3) is 0 Å². The zero-order valence-electron chi connectivity index (χ0n) is 8.73. The molecule has 4 N–H and O–H groups in total. The van der Waals surface area contributed by atoms with E-state index in [0.29, 0.717) is 25.2 Å². The average Bonchev–Trinajstić information content (AvgIpc) is 2.19. The quantitative estimate of drug-likeness (QED) is 0.564. The van der Waals surface area contributed by atoms with Crippen molar-refractivity contribution in [2.24, 2.45) is 5.73 Å². The van der Waals surface area contributed by atoms with Crippen molar-refractivity contribution >= 4 is 0 Å². The minimum atomic E-state index is 0.169. The molecule has 0 amide bonds. The van der Waals surface area contributed by atoms with E-state index in [4.69, 9.17) is 15.9 Å². The summed E-state index contributed by atoms with van der Waals surface area (Å²) in [5.74, 6) is 0. The van der Waals surface area contributed by atoms with Crippen LogP contribution in [0.3, 0.4) is 0 Å². The van der Waals surface area contributed by atoms with Crippen LogP contribution in [-0.2, 0) is 0 Å². The summed E-state index contributed by atoms with van der Waals surface area (Å²) < 4.78 is 0. The van der Waals surface area contributed by atoms with Crippen molar-refractivity contribution in [2.75, 3.05) is 26.3 Å². The molecule has 0 unspecified atom stereocenters. The van der Waals surface area contributed by atoms with Crippen molar-refractivity contribution in [3.05, 3.63) is 0 Å². The molecule has 0 atom stereocenters. The van der Waals surface area contributed by atoms with Gasteiger partial charge in [-0.3, -0.25) is 4.90 Å². The highest BCUT2D eigenvalue weighted by atomic mass is 16.3. The summed E-state index contributed by atoms with van der Waals surface area (Å²) >= 11 is 0. The second-order valence-corrected chi connectivity index (χ2v) is 4.05. The third-order valence-electron chi connectivity index (χ3n) is 3.03. The van der Waals surface area contributed by atoms with E-state index in [0.717, 1.165) is 25.7 Å². The van der Waals surface area contributed by atoms with Gasteiger partial charge in [0.25, 0.3) is 0 Å². The minimum Gasteiger partial charge on any atom is -0.395 e. The first-order valence-electron chi connectivity index (χ1n) is 5.49. The van der Waals surface area contributed by atoms with E-state index in [1.807, 2.05) is 0 Å². The molecule has 0 saturated heterocycles. The predicted molar refractivity (Wildman–Crippen MR) is 56.0 cm³/mol. The Morgan fingerprint density at radius 2 is 1.50 bits per heavy atom. The molecule has 0 aromatic heterocycles. The number of nitrogens with zero attached hydrogens (tertiary/aromatic N) is 1. The highest BCUT2D eigenvalue weighted by molar-refractivity contribution is 4.80. The van der Waals surface area contributed by atoms with Crippen LogP contribution in [0.1, 0.15) is 25.7 Å². The van der Waals surface area contributed by atoms with E-state index >= 15 is 0 Å². The van der Waals surface area contributed by atoms with Crippen molar-refractivity contribution in [1.82, 2.24) is 4.90 Å². The molecule has 4 heteroatoms. The first-order chi connectivity index (χ1) is 6.77. The summed E-state index contributed by atoms with van der Waals surface area (Å²) in [7, 11) is 0. The summed E-state index contributed by atoms with van der Waals surface area (Å²) in [4.78, 5) is 2.17. The average molecular weight is 202 g/mol. The van der Waals surface area contributed by atoms with Crippen molar-refractivity contribution in [3.63, 3.8) is 0 Å². The Bertz CT molecular complexity index is 141. The van der Waals surface area contributed by atoms with E-state index in [-0.39, 0.29) is 13.2 Å². The summed E-state index contributed by atoms with van der Waals surface area (Å²) in [5, 5.41) is 17.8. The van der Waals surface area contributed by atoms with Crippen LogP contribution in [0.5, 0.6) is 0 Å². The zero-order valence-corrected chi connectivity index (χ0v) is 8.73. The van der Waals surface area contributed by atoms with Gasteiger partial charge in [0.1, 0.15) is 0 Å². The molecule has 0 radical (unpaired) electrons. The Labute approximate surface area is 85.7 Å². The third kappa shape index (κ3) is 3.53. The fourth-order valence-corrected chi connectivity index (χ4v) is 2.20. The lowest BCUT2D eigenvalue weighted by Crippen LogP contribution is -2.43. The van der Waals surface area contributed by atoms with Crippen molar-refractivity contribution in [3.8, 4) is 0 Å². The van der Waals surface area contributed by atoms with Crippen LogP contribution < -0.4 is 5.73 Å². The molecule has 0 heterocycles. The first-order valence-corrected chi connectivity index (χ1v) is 5.49. The molecule has 0 aromatic carbocycles. The van der Waals surface area contributed by atoms with E-state index < -0.39 is 0 Å². The van der Waals surface area contributed by atoms with E-state index in [1.54, 1.807) is 0 Å². The molecule has 0 aliphatic heterocycles. The monoisotopic (exact) mass is 202 g/mol. The lowest BCUT2D eigenvalue weighted by molar-refractivity contribution is 0.0980. The Balaban J connectivity index is 2.34. The molecule has 0 bridgehead atoms. The molecule has 1 aliphatic carbocycles. The standard InChI is InChI=1S/C10H22N2O2/c11-9-1-3-10(4-2-9)12(5-7-13)6-8-14/h9-10,13-14H,1-8,11H2. The number of rotatable bonds is 5. The van der Waals surface area contributed by atoms with E-state index in [9.17, 15) is 0 Å². The number of hydrogen-bond acceptors (Lipinski definition) is 4. The number of nitrogens with two attached hydrogens (primary N) is 1. The normalized spacial score (nSPS) is 28.3. The second-order valence-electron chi connectivity index (χ2n) is 4.05. The predicted octanol–water partition coefficient (Wildman–Crippen LogP) is -0.457. The maximum atomic E-state index is 8.90. The maximum absolute atomic E-state index is 8.90. The lowest BCUT2D eigenvalue weighted by Gasteiger charge is -2.35. The highest BCUT2D eigenvalue weighted by Crippen LogP contribution is 2.21. The van der Waals surface area contributed by atoms with Gasteiger partial charge in [0, 0.05) is 25.2 Å². The molecule has 0 aromatic rings. The van der Waals surface area contributed by atoms with Gasteiger partial charge >= 0.3 is 0 Å². The van der Waals surface area contributed by atoms with Gasteiger partial charge in [0.15, 0.2) is 0 Å². The summed E-state index contributed by atoms with van der Waals surface area (Å²) in [6.07, 6.45) is 4.33. The number of hydrogen-bond donors (Lipinski definition) is 3. The van der Waals surface area contributed by atoms with Gasteiger partial charge in [0.05, 0.1) is 13.2 Å². The summed E-state index contributed by atoms with van der Waals surface area (Å²) in [5.41, 5.74) is 5.83. The van der Waals surface area contributed by atoms with Crippen LogP contribution in [0.2, 0.25) is 0 Å². The number of aliphatic hydroxyl groups is 2.